The normalized spacial score (nSPS) is 15.9. The van der Waals surface area contributed by atoms with Crippen molar-refractivity contribution >= 4 is 62.4 Å². The van der Waals surface area contributed by atoms with Crippen LogP contribution in [0.1, 0.15) is 13.3 Å². The van der Waals surface area contributed by atoms with E-state index in [1.807, 2.05) is 43.3 Å². The first-order chi connectivity index (χ1) is 14.9. The Hall–Kier alpha value is -2.91. The summed E-state index contributed by atoms with van der Waals surface area (Å²) in [4.78, 5) is 45.4. The predicted octanol–water partition coefficient (Wildman–Crippen LogP) is 3.61. The molecule has 9 heteroatoms. The SMILES string of the molecule is C[C@@H]1CC(=O)Nc2ccccc2N1C(=O)CN(C)C(=O)CSc1nc2ccccc2s1. The van der Waals surface area contributed by atoms with Crippen LogP contribution in [0.15, 0.2) is 52.9 Å². The molecule has 0 unspecified atom stereocenters. The summed E-state index contributed by atoms with van der Waals surface area (Å²) in [6, 6.07) is 14.8. The number of likely N-dealkylation sites (N-methyl/N-ethyl adjacent to an activating group) is 1. The number of thioether (sulfide) groups is 1. The molecule has 0 saturated heterocycles. The molecule has 160 valence electrons. The Morgan fingerprint density at radius 1 is 1.23 bits per heavy atom. The first-order valence-corrected chi connectivity index (χ1v) is 11.7. The molecule has 0 fully saturated rings. The minimum absolute atomic E-state index is 0.0634. The summed E-state index contributed by atoms with van der Waals surface area (Å²) < 4.78 is 1.91. The second kappa shape index (κ2) is 9.07. The lowest BCUT2D eigenvalue weighted by Crippen LogP contribution is -2.45. The molecule has 3 amide bonds. The maximum atomic E-state index is 13.1. The monoisotopic (exact) mass is 454 g/mol. The number of fused-ring (bicyclic) bond motifs is 2. The van der Waals surface area contributed by atoms with Crippen LogP contribution in [0.5, 0.6) is 0 Å². The molecule has 1 aliphatic heterocycles. The molecule has 0 saturated carbocycles. The van der Waals surface area contributed by atoms with Gasteiger partial charge in [0.15, 0.2) is 4.34 Å². The number of thiazole rings is 1. The van der Waals surface area contributed by atoms with Gasteiger partial charge in [-0.25, -0.2) is 4.98 Å². The Balaban J connectivity index is 1.41. The summed E-state index contributed by atoms with van der Waals surface area (Å²) >= 11 is 2.92. The van der Waals surface area contributed by atoms with E-state index in [1.54, 1.807) is 35.4 Å². The highest BCUT2D eigenvalue weighted by molar-refractivity contribution is 8.01. The number of anilines is 2. The Bertz CT molecular complexity index is 1110. The van der Waals surface area contributed by atoms with E-state index in [0.717, 1.165) is 14.6 Å². The predicted molar refractivity (Wildman–Crippen MR) is 125 cm³/mol. The van der Waals surface area contributed by atoms with E-state index in [9.17, 15) is 14.4 Å². The molecule has 0 aliphatic carbocycles. The molecule has 1 N–H and O–H groups in total. The number of aromatic nitrogens is 1. The summed E-state index contributed by atoms with van der Waals surface area (Å²) in [7, 11) is 1.62. The lowest BCUT2D eigenvalue weighted by molar-refractivity contribution is -0.132. The average Bonchev–Trinajstić information content (AvgIpc) is 3.10. The van der Waals surface area contributed by atoms with Gasteiger partial charge in [-0.2, -0.15) is 0 Å². The topological polar surface area (TPSA) is 82.6 Å². The van der Waals surface area contributed by atoms with Crippen molar-refractivity contribution in [2.45, 2.75) is 23.7 Å². The van der Waals surface area contributed by atoms with Crippen LogP contribution in [0.25, 0.3) is 10.2 Å². The van der Waals surface area contributed by atoms with Gasteiger partial charge in [0.1, 0.15) is 0 Å². The van der Waals surface area contributed by atoms with Crippen molar-refractivity contribution in [2.75, 3.05) is 29.6 Å². The highest BCUT2D eigenvalue weighted by Crippen LogP contribution is 2.32. The number of nitrogens with zero attached hydrogens (tertiary/aromatic N) is 3. The first kappa shape index (κ1) is 21.3. The zero-order valence-corrected chi connectivity index (χ0v) is 18.8. The fraction of sp³-hybridized carbons (Fsp3) is 0.273. The van der Waals surface area contributed by atoms with E-state index in [-0.39, 0.29) is 42.5 Å². The number of hydrogen-bond acceptors (Lipinski definition) is 6. The van der Waals surface area contributed by atoms with Crippen molar-refractivity contribution in [1.29, 1.82) is 0 Å². The third-order valence-corrected chi connectivity index (χ3v) is 7.18. The molecule has 2 aromatic carbocycles. The number of carbonyl (C=O) groups is 3. The number of hydrogen-bond donors (Lipinski definition) is 1. The molecule has 1 aromatic heterocycles. The van der Waals surface area contributed by atoms with Gasteiger partial charge in [0.25, 0.3) is 0 Å². The number of benzene rings is 2. The molecular weight excluding hydrogens is 432 g/mol. The van der Waals surface area contributed by atoms with Gasteiger partial charge < -0.3 is 15.1 Å². The van der Waals surface area contributed by atoms with Gasteiger partial charge >= 0.3 is 0 Å². The minimum atomic E-state index is -0.309. The summed E-state index contributed by atoms with van der Waals surface area (Å²) in [5, 5.41) is 2.84. The molecule has 3 aromatic rings. The van der Waals surface area contributed by atoms with E-state index in [2.05, 4.69) is 10.3 Å². The number of para-hydroxylation sites is 3. The molecule has 7 nitrogen and oxygen atoms in total. The summed E-state index contributed by atoms with van der Waals surface area (Å²) in [5.41, 5.74) is 2.17. The molecule has 0 radical (unpaired) electrons. The minimum Gasteiger partial charge on any atom is -0.336 e. The van der Waals surface area contributed by atoms with Crippen molar-refractivity contribution in [3.63, 3.8) is 0 Å². The molecule has 1 aliphatic rings. The summed E-state index contributed by atoms with van der Waals surface area (Å²) in [6.45, 7) is 1.77. The largest absolute Gasteiger partial charge is 0.336 e. The molecule has 0 spiro atoms. The number of carbonyl (C=O) groups excluding carboxylic acids is 3. The van der Waals surface area contributed by atoms with Gasteiger partial charge in [-0.3, -0.25) is 14.4 Å². The second-order valence-electron chi connectivity index (χ2n) is 7.37. The third kappa shape index (κ3) is 4.72. The Morgan fingerprint density at radius 3 is 2.77 bits per heavy atom. The fourth-order valence-corrected chi connectivity index (χ4v) is 5.49. The molecule has 2 heterocycles. The van der Waals surface area contributed by atoms with Crippen molar-refractivity contribution in [1.82, 2.24) is 9.88 Å². The van der Waals surface area contributed by atoms with Gasteiger partial charge in [0.05, 0.1) is 33.9 Å². The van der Waals surface area contributed by atoms with Gasteiger partial charge in [-0.1, -0.05) is 36.0 Å². The van der Waals surface area contributed by atoms with E-state index in [4.69, 9.17) is 0 Å². The zero-order valence-electron chi connectivity index (χ0n) is 17.2. The maximum absolute atomic E-state index is 13.1. The molecule has 31 heavy (non-hydrogen) atoms. The Morgan fingerprint density at radius 2 is 1.97 bits per heavy atom. The average molecular weight is 455 g/mol. The smallest absolute Gasteiger partial charge is 0.246 e. The Labute approximate surface area is 188 Å². The molecule has 0 bridgehead atoms. The molecule has 4 rings (SSSR count). The van der Waals surface area contributed by atoms with E-state index in [0.29, 0.717) is 11.4 Å². The number of amides is 3. The zero-order chi connectivity index (χ0) is 22.0. The van der Waals surface area contributed by atoms with Crippen LogP contribution in [0, 0.1) is 0 Å². The fourth-order valence-electron chi connectivity index (χ4n) is 3.48. The highest BCUT2D eigenvalue weighted by Gasteiger charge is 2.30. The quantitative estimate of drug-likeness (QED) is 0.596. The van der Waals surface area contributed by atoms with Gasteiger partial charge in [-0.05, 0) is 31.2 Å². The number of nitrogens with one attached hydrogen (secondary N) is 1. The van der Waals surface area contributed by atoms with Crippen molar-refractivity contribution in [3.05, 3.63) is 48.5 Å². The lowest BCUT2D eigenvalue weighted by Gasteiger charge is -2.29. The standard InChI is InChI=1S/C22H22N4O3S2/c1-14-11-19(27)23-15-7-3-5-9-17(15)26(14)20(28)12-25(2)21(29)13-30-22-24-16-8-4-6-10-18(16)31-22/h3-10,14H,11-13H2,1-2H3,(H,23,27)/t14-/m1/s1. The number of rotatable bonds is 5. The van der Waals surface area contributed by atoms with Gasteiger partial charge in [0.2, 0.25) is 17.7 Å². The highest BCUT2D eigenvalue weighted by atomic mass is 32.2. The van der Waals surface area contributed by atoms with Crippen LogP contribution in [0.2, 0.25) is 0 Å². The molecule has 1 atom stereocenters. The second-order valence-corrected chi connectivity index (χ2v) is 9.62. The summed E-state index contributed by atoms with van der Waals surface area (Å²) in [5.74, 6) is -0.303. The van der Waals surface area contributed by atoms with E-state index >= 15 is 0 Å². The lowest BCUT2D eigenvalue weighted by atomic mass is 10.1. The molecular formula is C22H22N4O3S2. The first-order valence-electron chi connectivity index (χ1n) is 9.85. The maximum Gasteiger partial charge on any atom is 0.246 e. The van der Waals surface area contributed by atoms with Gasteiger partial charge in [0, 0.05) is 19.5 Å². The Kier molecular flexibility index (Phi) is 6.24. The van der Waals surface area contributed by atoms with Crippen molar-refractivity contribution < 1.29 is 14.4 Å². The van der Waals surface area contributed by atoms with E-state index in [1.165, 1.54) is 16.7 Å². The third-order valence-electron chi connectivity index (χ3n) is 5.02. The van der Waals surface area contributed by atoms with Crippen LogP contribution < -0.4 is 10.2 Å². The van der Waals surface area contributed by atoms with Crippen LogP contribution >= 0.6 is 23.1 Å². The van der Waals surface area contributed by atoms with Crippen LogP contribution in [-0.4, -0.2) is 53.0 Å². The van der Waals surface area contributed by atoms with Crippen LogP contribution in [-0.2, 0) is 14.4 Å². The van der Waals surface area contributed by atoms with Crippen LogP contribution in [0.4, 0.5) is 11.4 Å². The van der Waals surface area contributed by atoms with Crippen molar-refractivity contribution in [3.8, 4) is 0 Å². The van der Waals surface area contributed by atoms with Crippen molar-refractivity contribution in [2.24, 2.45) is 0 Å². The van der Waals surface area contributed by atoms with E-state index < -0.39 is 0 Å². The van der Waals surface area contributed by atoms with Gasteiger partial charge in [-0.15, -0.1) is 11.3 Å². The summed E-state index contributed by atoms with van der Waals surface area (Å²) in [6.07, 6.45) is 0.200. The van der Waals surface area contributed by atoms with Crippen LogP contribution in [0.3, 0.4) is 0 Å².